The van der Waals surface area contributed by atoms with Gasteiger partial charge < -0.3 is 22.5 Å². The number of hydrogen-bond donors (Lipinski definition) is 2. The van der Waals surface area contributed by atoms with Crippen LogP contribution in [0.5, 0.6) is 0 Å². The topological polar surface area (TPSA) is 161 Å². The molecular weight excluding hydrogens is 374 g/mol. The van der Waals surface area contributed by atoms with E-state index < -0.39 is 35.8 Å². The Morgan fingerprint density at radius 3 is 1.12 bits per heavy atom. The first kappa shape index (κ1) is 30.0. The van der Waals surface area contributed by atoms with Gasteiger partial charge in [-0.2, -0.15) is 0 Å². The molecule has 0 bridgehead atoms. The van der Waals surface area contributed by atoms with Crippen molar-refractivity contribution in [3.05, 3.63) is 0 Å². The Bertz CT molecular complexity index is 482. The molecule has 0 aliphatic carbocycles. The van der Waals surface area contributed by atoms with Gasteiger partial charge in [0.15, 0.2) is 0 Å². The molecule has 138 valence electrons. The summed E-state index contributed by atoms with van der Waals surface area (Å²) in [6.07, 6.45) is -0.0497. The van der Waals surface area contributed by atoms with E-state index in [1.807, 2.05) is 0 Å². The number of carboxylic acid groups (broad SMARTS) is 2. The zero-order valence-corrected chi connectivity index (χ0v) is 18.8. The fourth-order valence-electron chi connectivity index (χ4n) is 1.48. The van der Waals surface area contributed by atoms with Gasteiger partial charge in [-0.1, -0.05) is 0 Å². The van der Waals surface area contributed by atoms with Crippen molar-refractivity contribution >= 4 is 35.8 Å². The largest absolute Gasteiger partial charge is 1.00 e. The minimum atomic E-state index is -1.64. The van der Waals surface area contributed by atoms with Gasteiger partial charge in [-0.15, -0.1) is 0 Å². The average Bonchev–Trinajstić information content (AvgIpc) is 2.47. The van der Waals surface area contributed by atoms with Crippen molar-refractivity contribution in [2.75, 3.05) is 0 Å². The predicted octanol–water partition coefficient (Wildman–Crippen LogP) is -5.35. The molecule has 0 aliphatic heterocycles. The summed E-state index contributed by atoms with van der Waals surface area (Å²) in [5.74, 6) is -7.39. The van der Waals surface area contributed by atoms with Gasteiger partial charge in [0.05, 0.1) is 0 Å². The Morgan fingerprint density at radius 2 is 0.846 bits per heavy atom. The van der Waals surface area contributed by atoms with E-state index in [-0.39, 0.29) is 113 Å². The second-order valence-electron chi connectivity index (χ2n) is 4.72. The van der Waals surface area contributed by atoms with E-state index in [1.165, 1.54) is 0 Å². The van der Waals surface area contributed by atoms with Crippen LogP contribution in [-0.4, -0.2) is 46.0 Å². The third-order valence-corrected chi connectivity index (χ3v) is 2.62. The normalized spacial score (nSPS) is 9.08. The third-order valence-electron chi connectivity index (χ3n) is 2.62. The maximum atomic E-state index is 11.2. The number of unbranched alkanes of at least 4 members (excludes halogenated alkanes) is 2. The summed E-state index contributed by atoms with van der Waals surface area (Å²) in [4.78, 5) is 65.4. The quantitative estimate of drug-likeness (QED) is 0.120. The molecule has 0 aromatic heterocycles. The van der Waals surface area contributed by atoms with Gasteiger partial charge in [-0.05, 0) is 25.7 Å². The van der Waals surface area contributed by atoms with E-state index in [1.54, 1.807) is 0 Å². The minimum Gasteiger partial charge on any atom is -1.00 e. The third kappa shape index (κ3) is 18.0. The van der Waals surface area contributed by atoms with E-state index >= 15 is 0 Å². The van der Waals surface area contributed by atoms with E-state index in [4.69, 9.17) is 10.2 Å². The number of hydrogen-bond acceptors (Lipinski definition) is 8. The molecule has 0 radical (unpaired) electrons. The van der Waals surface area contributed by atoms with Crippen molar-refractivity contribution in [1.29, 1.82) is 0 Å². The molecule has 12 heteroatoms. The first-order chi connectivity index (χ1) is 11.2. The predicted molar refractivity (Wildman–Crippen MR) is 76.6 cm³/mol. The summed E-state index contributed by atoms with van der Waals surface area (Å²) in [6.45, 7) is 0. The molecule has 10 nitrogen and oxygen atoms in total. The van der Waals surface area contributed by atoms with Gasteiger partial charge in [0, 0.05) is 25.7 Å². The van der Waals surface area contributed by atoms with Crippen LogP contribution in [0.25, 0.3) is 0 Å². The number of aliphatic carboxylic acids is 2. The Hall–Kier alpha value is -0.780. The first-order valence-corrected chi connectivity index (χ1v) is 7.15. The molecule has 2 N–H and O–H groups in total. The zero-order chi connectivity index (χ0) is 18.5. The number of ether oxygens (including phenoxy) is 2. The van der Waals surface area contributed by atoms with Crippen molar-refractivity contribution in [3.63, 3.8) is 0 Å². The summed E-state index contributed by atoms with van der Waals surface area (Å²) in [5.41, 5.74) is 0. The molecule has 0 saturated heterocycles. The van der Waals surface area contributed by atoms with E-state index in [0.29, 0.717) is 0 Å². The standard InChI is InChI=1S/C14H18O10.2Na.2H/c15-9(16)5-1-3-7-11(19)23-13(21)14(22)24-12(20)8-4-2-6-10(17)18;;;;/h1-8H2,(H,15,16)(H,17,18);;;;/q;2*+1;2*-1. The van der Waals surface area contributed by atoms with Crippen LogP contribution in [0.3, 0.4) is 0 Å². The van der Waals surface area contributed by atoms with Crippen molar-refractivity contribution in [2.45, 2.75) is 51.4 Å². The number of rotatable bonds is 10. The molecular formula is C14H20Na2O10. The van der Waals surface area contributed by atoms with Gasteiger partial charge in [0.25, 0.3) is 0 Å². The Labute approximate surface area is 196 Å². The smallest absolute Gasteiger partial charge is 1.00 e. The monoisotopic (exact) mass is 394 g/mol. The summed E-state index contributed by atoms with van der Waals surface area (Å²) >= 11 is 0. The van der Waals surface area contributed by atoms with Gasteiger partial charge in [0.2, 0.25) is 0 Å². The molecule has 0 atom stereocenters. The van der Waals surface area contributed by atoms with Crippen LogP contribution in [0.2, 0.25) is 0 Å². The molecule has 0 heterocycles. The van der Waals surface area contributed by atoms with Gasteiger partial charge >= 0.3 is 94.9 Å². The van der Waals surface area contributed by atoms with Crippen LogP contribution in [0.15, 0.2) is 0 Å². The van der Waals surface area contributed by atoms with E-state index in [0.717, 1.165) is 0 Å². The number of esters is 4. The van der Waals surface area contributed by atoms with Crippen LogP contribution in [0.4, 0.5) is 0 Å². The average molecular weight is 394 g/mol. The molecule has 0 aliphatic rings. The zero-order valence-electron chi connectivity index (χ0n) is 16.8. The Morgan fingerprint density at radius 1 is 0.577 bits per heavy atom. The fraction of sp³-hybridized carbons (Fsp3) is 0.571. The van der Waals surface area contributed by atoms with Crippen molar-refractivity contribution in [1.82, 2.24) is 0 Å². The van der Waals surface area contributed by atoms with E-state index in [2.05, 4.69) is 9.47 Å². The van der Waals surface area contributed by atoms with Crippen molar-refractivity contribution < 1.29 is 110 Å². The second kappa shape index (κ2) is 17.6. The SMILES string of the molecule is O=C(O)CCCCC(=O)OC(=O)C(=O)OC(=O)CCCCC(=O)O.[H-].[H-].[Na+].[Na+]. The second-order valence-corrected chi connectivity index (χ2v) is 4.72. The number of carbonyl (C=O) groups excluding carboxylic acids is 4. The van der Waals surface area contributed by atoms with Crippen molar-refractivity contribution in [2.24, 2.45) is 0 Å². The van der Waals surface area contributed by atoms with Crippen LogP contribution in [0, 0.1) is 0 Å². The molecule has 0 saturated carbocycles. The molecule has 26 heavy (non-hydrogen) atoms. The van der Waals surface area contributed by atoms with Crippen LogP contribution in [-0.2, 0) is 38.2 Å². The van der Waals surface area contributed by atoms with E-state index in [9.17, 15) is 28.8 Å². The van der Waals surface area contributed by atoms with Gasteiger partial charge in [0.1, 0.15) is 0 Å². The summed E-state index contributed by atoms with van der Waals surface area (Å²) in [5, 5.41) is 16.8. The van der Waals surface area contributed by atoms with Crippen LogP contribution in [0.1, 0.15) is 54.2 Å². The molecule has 0 spiro atoms. The fourth-order valence-corrected chi connectivity index (χ4v) is 1.48. The van der Waals surface area contributed by atoms with Crippen molar-refractivity contribution in [3.8, 4) is 0 Å². The van der Waals surface area contributed by atoms with Crippen LogP contribution < -0.4 is 59.1 Å². The number of carboxylic acids is 2. The van der Waals surface area contributed by atoms with Gasteiger partial charge in [-0.3, -0.25) is 19.2 Å². The molecule has 0 amide bonds. The molecule has 0 unspecified atom stereocenters. The van der Waals surface area contributed by atoms with Gasteiger partial charge in [-0.25, -0.2) is 9.59 Å². The summed E-state index contributed by atoms with van der Waals surface area (Å²) in [7, 11) is 0. The molecule has 0 aromatic rings. The maximum Gasteiger partial charge on any atom is 1.00 e. The number of carbonyl (C=O) groups is 6. The molecule has 0 fully saturated rings. The molecule has 0 rings (SSSR count). The minimum absolute atomic E-state index is 0. The summed E-state index contributed by atoms with van der Waals surface area (Å²) in [6, 6.07) is 0. The first-order valence-electron chi connectivity index (χ1n) is 7.15. The maximum absolute atomic E-state index is 11.2. The molecule has 0 aromatic carbocycles. The Balaban J connectivity index is -0.000000441. The summed E-state index contributed by atoms with van der Waals surface area (Å²) < 4.78 is 8.29. The Kier molecular flexibility index (Phi) is 20.3. The van der Waals surface area contributed by atoms with Crippen LogP contribution >= 0.6 is 0 Å².